The molecule has 3 nitrogen and oxygen atoms in total. The van der Waals surface area contributed by atoms with Crippen molar-refractivity contribution < 1.29 is 0 Å². The quantitative estimate of drug-likeness (QED) is 0.588. The molecule has 0 aliphatic rings. The maximum atomic E-state index is 5.73. The van der Waals surface area contributed by atoms with Crippen molar-refractivity contribution in [3.05, 3.63) is 29.3 Å². The fraction of sp³-hybridized carbons (Fsp3) is 0.417. The van der Waals surface area contributed by atoms with E-state index in [0.29, 0.717) is 5.96 Å². The molecule has 0 saturated carbocycles. The molecule has 0 atom stereocenters. The lowest BCUT2D eigenvalue weighted by Gasteiger charge is -2.07. The van der Waals surface area contributed by atoms with Gasteiger partial charge in [0.25, 0.3) is 0 Å². The number of aryl methyl sites for hydroxylation is 2. The first-order chi connectivity index (χ1) is 7.11. The number of hydrogen-bond acceptors (Lipinski definition) is 1. The van der Waals surface area contributed by atoms with Crippen LogP contribution in [0.5, 0.6) is 0 Å². The molecule has 0 fully saturated rings. The standard InChI is InChI=1S/C12H19N3/c1-4-5-14-12(13)15-11-7-9(2)6-10(3)8-11/h6-8H,4-5H2,1-3H3,(H3,13,14,15). The number of aliphatic imine (C=N–C) groups is 1. The van der Waals surface area contributed by atoms with Gasteiger partial charge in [0.2, 0.25) is 0 Å². The van der Waals surface area contributed by atoms with Gasteiger partial charge in [0.1, 0.15) is 0 Å². The molecule has 0 amide bonds. The van der Waals surface area contributed by atoms with E-state index < -0.39 is 0 Å². The SMILES string of the molecule is CCCN=C(N)Nc1cc(C)cc(C)c1. The Morgan fingerprint density at radius 3 is 2.40 bits per heavy atom. The summed E-state index contributed by atoms with van der Waals surface area (Å²) in [5, 5.41) is 3.09. The van der Waals surface area contributed by atoms with Gasteiger partial charge < -0.3 is 11.1 Å². The summed E-state index contributed by atoms with van der Waals surface area (Å²) in [5.74, 6) is 0.488. The van der Waals surface area contributed by atoms with E-state index in [0.717, 1.165) is 18.7 Å². The molecular weight excluding hydrogens is 186 g/mol. The highest BCUT2D eigenvalue weighted by Gasteiger charge is 1.96. The highest BCUT2D eigenvalue weighted by Crippen LogP contribution is 2.13. The van der Waals surface area contributed by atoms with Crippen molar-refractivity contribution in [1.29, 1.82) is 0 Å². The van der Waals surface area contributed by atoms with Gasteiger partial charge in [-0.15, -0.1) is 0 Å². The van der Waals surface area contributed by atoms with Crippen LogP contribution in [0, 0.1) is 13.8 Å². The van der Waals surface area contributed by atoms with E-state index in [9.17, 15) is 0 Å². The van der Waals surface area contributed by atoms with Gasteiger partial charge in [0.05, 0.1) is 0 Å². The monoisotopic (exact) mass is 205 g/mol. The minimum Gasteiger partial charge on any atom is -0.370 e. The number of nitrogens with two attached hydrogens (primary N) is 1. The predicted octanol–water partition coefficient (Wildman–Crippen LogP) is 2.44. The zero-order valence-electron chi connectivity index (χ0n) is 9.67. The Kier molecular flexibility index (Phi) is 4.16. The number of guanidine groups is 1. The molecule has 1 aromatic carbocycles. The normalized spacial score (nSPS) is 11.5. The lowest BCUT2D eigenvalue weighted by molar-refractivity contribution is 0.929. The molecule has 15 heavy (non-hydrogen) atoms. The Labute approximate surface area is 91.4 Å². The van der Waals surface area contributed by atoms with Crippen molar-refractivity contribution in [2.24, 2.45) is 10.7 Å². The second kappa shape index (κ2) is 5.39. The average Bonchev–Trinajstić information content (AvgIpc) is 2.13. The predicted molar refractivity (Wildman–Crippen MR) is 66.3 cm³/mol. The number of anilines is 1. The van der Waals surface area contributed by atoms with Crippen LogP contribution in [0.3, 0.4) is 0 Å². The van der Waals surface area contributed by atoms with Gasteiger partial charge in [-0.1, -0.05) is 13.0 Å². The fourth-order valence-electron chi connectivity index (χ4n) is 1.47. The summed E-state index contributed by atoms with van der Waals surface area (Å²) in [6.45, 7) is 6.98. The van der Waals surface area contributed by atoms with Gasteiger partial charge in [0.15, 0.2) is 5.96 Å². The molecule has 1 aromatic rings. The van der Waals surface area contributed by atoms with Crippen molar-refractivity contribution in [3.63, 3.8) is 0 Å². The maximum Gasteiger partial charge on any atom is 0.193 e. The van der Waals surface area contributed by atoms with Crippen LogP contribution in [0.25, 0.3) is 0 Å². The Morgan fingerprint density at radius 1 is 1.27 bits per heavy atom. The van der Waals surface area contributed by atoms with Crippen molar-refractivity contribution in [1.82, 2.24) is 0 Å². The van der Waals surface area contributed by atoms with E-state index >= 15 is 0 Å². The smallest absolute Gasteiger partial charge is 0.193 e. The van der Waals surface area contributed by atoms with Crippen LogP contribution in [0.15, 0.2) is 23.2 Å². The molecule has 0 radical (unpaired) electrons. The number of nitrogens with one attached hydrogen (secondary N) is 1. The number of nitrogens with zero attached hydrogens (tertiary/aromatic N) is 1. The van der Waals surface area contributed by atoms with Crippen molar-refractivity contribution in [2.75, 3.05) is 11.9 Å². The summed E-state index contributed by atoms with van der Waals surface area (Å²) >= 11 is 0. The maximum absolute atomic E-state index is 5.73. The van der Waals surface area contributed by atoms with E-state index in [1.807, 2.05) is 0 Å². The molecule has 0 bridgehead atoms. The molecule has 3 heteroatoms. The molecule has 0 aliphatic heterocycles. The summed E-state index contributed by atoms with van der Waals surface area (Å²) in [5.41, 5.74) is 9.18. The molecule has 0 spiro atoms. The van der Waals surface area contributed by atoms with Crippen LogP contribution < -0.4 is 11.1 Å². The minimum absolute atomic E-state index is 0.488. The summed E-state index contributed by atoms with van der Waals surface area (Å²) < 4.78 is 0. The van der Waals surface area contributed by atoms with Gasteiger partial charge in [-0.3, -0.25) is 4.99 Å². The average molecular weight is 205 g/mol. The van der Waals surface area contributed by atoms with E-state index in [4.69, 9.17) is 5.73 Å². The van der Waals surface area contributed by atoms with Crippen LogP contribution in [0.4, 0.5) is 5.69 Å². The third-order valence-electron chi connectivity index (χ3n) is 2.00. The first kappa shape index (κ1) is 11.6. The Balaban J connectivity index is 2.72. The molecule has 0 unspecified atom stereocenters. The van der Waals surface area contributed by atoms with Crippen LogP contribution in [0.1, 0.15) is 24.5 Å². The van der Waals surface area contributed by atoms with Crippen LogP contribution in [-0.4, -0.2) is 12.5 Å². The molecule has 0 aliphatic carbocycles. The minimum atomic E-state index is 0.488. The van der Waals surface area contributed by atoms with Crippen LogP contribution in [-0.2, 0) is 0 Å². The summed E-state index contributed by atoms with van der Waals surface area (Å²) in [6.07, 6.45) is 1.01. The third kappa shape index (κ3) is 4.02. The van der Waals surface area contributed by atoms with Gasteiger partial charge in [0, 0.05) is 12.2 Å². The van der Waals surface area contributed by atoms with Crippen LogP contribution >= 0.6 is 0 Å². The summed E-state index contributed by atoms with van der Waals surface area (Å²) in [7, 11) is 0. The highest BCUT2D eigenvalue weighted by molar-refractivity contribution is 5.92. The fourth-order valence-corrected chi connectivity index (χ4v) is 1.47. The number of hydrogen-bond donors (Lipinski definition) is 2. The largest absolute Gasteiger partial charge is 0.370 e. The molecule has 0 aromatic heterocycles. The lowest BCUT2D eigenvalue weighted by Crippen LogP contribution is -2.22. The zero-order chi connectivity index (χ0) is 11.3. The second-order valence-corrected chi connectivity index (χ2v) is 3.77. The van der Waals surface area contributed by atoms with E-state index in [-0.39, 0.29) is 0 Å². The first-order valence-electron chi connectivity index (χ1n) is 5.27. The zero-order valence-corrected chi connectivity index (χ0v) is 9.67. The van der Waals surface area contributed by atoms with E-state index in [1.54, 1.807) is 0 Å². The molecular formula is C12H19N3. The van der Waals surface area contributed by atoms with E-state index in [2.05, 4.69) is 49.3 Å². The van der Waals surface area contributed by atoms with Crippen molar-refractivity contribution in [2.45, 2.75) is 27.2 Å². The topological polar surface area (TPSA) is 50.4 Å². The van der Waals surface area contributed by atoms with Crippen molar-refractivity contribution >= 4 is 11.6 Å². The van der Waals surface area contributed by atoms with Gasteiger partial charge in [-0.2, -0.15) is 0 Å². The van der Waals surface area contributed by atoms with Gasteiger partial charge in [-0.25, -0.2) is 0 Å². The molecule has 0 saturated heterocycles. The lowest BCUT2D eigenvalue weighted by atomic mass is 10.1. The van der Waals surface area contributed by atoms with Gasteiger partial charge >= 0.3 is 0 Å². The molecule has 0 heterocycles. The summed E-state index contributed by atoms with van der Waals surface area (Å²) in [6, 6.07) is 6.24. The number of rotatable bonds is 3. The van der Waals surface area contributed by atoms with Crippen LogP contribution in [0.2, 0.25) is 0 Å². The molecule has 1 rings (SSSR count). The first-order valence-corrected chi connectivity index (χ1v) is 5.27. The van der Waals surface area contributed by atoms with E-state index in [1.165, 1.54) is 11.1 Å². The second-order valence-electron chi connectivity index (χ2n) is 3.77. The molecule has 82 valence electrons. The molecule has 3 N–H and O–H groups in total. The Bertz CT molecular complexity index is 336. The highest BCUT2D eigenvalue weighted by atomic mass is 15.1. The number of benzene rings is 1. The summed E-state index contributed by atoms with van der Waals surface area (Å²) in [4.78, 5) is 4.18. The van der Waals surface area contributed by atoms with Crippen molar-refractivity contribution in [3.8, 4) is 0 Å². The Morgan fingerprint density at radius 2 is 1.87 bits per heavy atom. The third-order valence-corrected chi connectivity index (χ3v) is 2.00. The van der Waals surface area contributed by atoms with Gasteiger partial charge in [-0.05, 0) is 43.5 Å². The Hall–Kier alpha value is -1.51.